The summed E-state index contributed by atoms with van der Waals surface area (Å²) in [4.78, 5) is 0. The van der Waals surface area contributed by atoms with Crippen LogP contribution in [0.2, 0.25) is 0 Å². The number of hydrogen-bond donors (Lipinski definition) is 2. The molecule has 2 aliphatic carbocycles. The molecular formula is C18H21NO2. The van der Waals surface area contributed by atoms with Gasteiger partial charge in [-0.2, -0.15) is 0 Å². The van der Waals surface area contributed by atoms with E-state index in [4.69, 9.17) is 9.52 Å². The molecule has 1 saturated carbocycles. The van der Waals surface area contributed by atoms with Crippen molar-refractivity contribution in [3.63, 3.8) is 0 Å². The van der Waals surface area contributed by atoms with Crippen molar-refractivity contribution in [2.75, 3.05) is 6.54 Å². The first-order valence-electron chi connectivity index (χ1n) is 7.79. The normalized spacial score (nSPS) is 26.2. The molecule has 21 heavy (non-hydrogen) atoms. The van der Waals surface area contributed by atoms with Gasteiger partial charge in [-0.05, 0) is 55.0 Å². The molecule has 2 N–H and O–H groups in total. The van der Waals surface area contributed by atoms with Crippen molar-refractivity contribution in [2.45, 2.75) is 37.8 Å². The lowest BCUT2D eigenvalue weighted by Crippen LogP contribution is -2.20. The summed E-state index contributed by atoms with van der Waals surface area (Å²) in [6.07, 6.45) is 3.87. The van der Waals surface area contributed by atoms with Gasteiger partial charge in [0.2, 0.25) is 0 Å². The van der Waals surface area contributed by atoms with Crippen LogP contribution in [0, 0.1) is 5.92 Å². The monoisotopic (exact) mass is 283 g/mol. The molecule has 0 radical (unpaired) electrons. The molecule has 1 fully saturated rings. The molecule has 3 heteroatoms. The number of benzene rings is 1. The van der Waals surface area contributed by atoms with Crippen molar-refractivity contribution in [3.05, 3.63) is 59.0 Å². The van der Waals surface area contributed by atoms with Crippen molar-refractivity contribution in [2.24, 2.45) is 5.92 Å². The summed E-state index contributed by atoms with van der Waals surface area (Å²) in [6.45, 7) is 1.76. The quantitative estimate of drug-likeness (QED) is 0.887. The van der Waals surface area contributed by atoms with E-state index in [-0.39, 0.29) is 6.61 Å². The van der Waals surface area contributed by atoms with Gasteiger partial charge < -0.3 is 14.8 Å². The highest BCUT2D eigenvalue weighted by Gasteiger charge is 2.57. The largest absolute Gasteiger partial charge is 0.462 e. The molecule has 2 atom stereocenters. The van der Waals surface area contributed by atoms with E-state index in [1.165, 1.54) is 19.3 Å². The zero-order valence-corrected chi connectivity index (χ0v) is 12.1. The number of aliphatic hydroxyl groups is 1. The second-order valence-electron chi connectivity index (χ2n) is 6.37. The van der Waals surface area contributed by atoms with Crippen molar-refractivity contribution in [1.82, 2.24) is 5.32 Å². The first-order valence-corrected chi connectivity index (χ1v) is 7.79. The summed E-state index contributed by atoms with van der Waals surface area (Å²) in [7, 11) is 0. The van der Waals surface area contributed by atoms with E-state index >= 15 is 0 Å². The van der Waals surface area contributed by atoms with Gasteiger partial charge in [0.1, 0.15) is 18.1 Å². The third-order valence-electron chi connectivity index (χ3n) is 5.19. The van der Waals surface area contributed by atoms with Crippen LogP contribution >= 0.6 is 0 Å². The minimum Gasteiger partial charge on any atom is -0.462 e. The van der Waals surface area contributed by atoms with E-state index in [1.54, 1.807) is 11.1 Å². The molecule has 0 amide bonds. The summed E-state index contributed by atoms with van der Waals surface area (Å²) in [5, 5.41) is 12.5. The highest BCUT2D eigenvalue weighted by atomic mass is 16.4. The van der Waals surface area contributed by atoms with Gasteiger partial charge in [0, 0.05) is 5.41 Å². The Labute approximate surface area is 125 Å². The Bertz CT molecular complexity index is 648. The van der Waals surface area contributed by atoms with Crippen LogP contribution < -0.4 is 5.32 Å². The Kier molecular flexibility index (Phi) is 3.12. The molecule has 2 aromatic rings. The zero-order valence-electron chi connectivity index (χ0n) is 12.1. The molecule has 1 heterocycles. The summed E-state index contributed by atoms with van der Waals surface area (Å²) in [6, 6.07) is 12.7. The van der Waals surface area contributed by atoms with Crippen LogP contribution in [-0.4, -0.2) is 11.7 Å². The molecule has 1 spiro atoms. The topological polar surface area (TPSA) is 45.4 Å². The molecule has 1 aromatic heterocycles. The third kappa shape index (κ3) is 2.21. The van der Waals surface area contributed by atoms with Crippen molar-refractivity contribution in [3.8, 4) is 0 Å². The second kappa shape index (κ2) is 5.00. The van der Waals surface area contributed by atoms with Crippen LogP contribution in [0.4, 0.5) is 0 Å². The number of nitrogens with one attached hydrogen (secondary N) is 1. The summed E-state index contributed by atoms with van der Waals surface area (Å²) in [5.41, 5.74) is 3.61. The van der Waals surface area contributed by atoms with Gasteiger partial charge in [-0.15, -0.1) is 0 Å². The highest BCUT2D eigenvalue weighted by Crippen LogP contribution is 2.61. The van der Waals surface area contributed by atoms with Crippen LogP contribution in [0.1, 0.15) is 35.5 Å². The highest BCUT2D eigenvalue weighted by molar-refractivity contribution is 5.45. The van der Waals surface area contributed by atoms with Crippen molar-refractivity contribution >= 4 is 0 Å². The Morgan fingerprint density at radius 2 is 2.05 bits per heavy atom. The standard InChI is InChI=1S/C18H21NO2/c20-12-16-6-5-15(21-16)11-19-10-14-9-18(14)8-7-13-3-1-2-4-17(13)18/h1-6,14,19-20H,7-12H2. The number of fused-ring (bicyclic) bond motifs is 2. The summed E-state index contributed by atoms with van der Waals surface area (Å²) < 4.78 is 5.50. The van der Waals surface area contributed by atoms with Gasteiger partial charge in [0.15, 0.2) is 0 Å². The average Bonchev–Trinajstić information content (AvgIpc) is 2.85. The Hall–Kier alpha value is -1.58. The van der Waals surface area contributed by atoms with Gasteiger partial charge in [0.05, 0.1) is 6.54 Å². The third-order valence-corrected chi connectivity index (χ3v) is 5.19. The maximum absolute atomic E-state index is 8.99. The smallest absolute Gasteiger partial charge is 0.129 e. The minimum absolute atomic E-state index is 0.0253. The number of aryl methyl sites for hydroxylation is 1. The van der Waals surface area contributed by atoms with Crippen LogP contribution in [0.25, 0.3) is 0 Å². The molecular weight excluding hydrogens is 262 g/mol. The van der Waals surface area contributed by atoms with Crippen molar-refractivity contribution < 1.29 is 9.52 Å². The van der Waals surface area contributed by atoms with Crippen LogP contribution in [0.5, 0.6) is 0 Å². The first-order chi connectivity index (χ1) is 10.3. The summed E-state index contributed by atoms with van der Waals surface area (Å²) in [5.74, 6) is 2.30. The lowest BCUT2D eigenvalue weighted by Gasteiger charge is -2.11. The Balaban J connectivity index is 1.34. The molecule has 3 nitrogen and oxygen atoms in total. The number of aliphatic hydroxyl groups excluding tert-OH is 1. The van der Waals surface area contributed by atoms with Crippen LogP contribution in [0.3, 0.4) is 0 Å². The van der Waals surface area contributed by atoms with E-state index in [0.717, 1.165) is 24.8 Å². The number of rotatable bonds is 5. The Morgan fingerprint density at radius 3 is 2.90 bits per heavy atom. The van der Waals surface area contributed by atoms with E-state index in [0.29, 0.717) is 11.2 Å². The first kappa shape index (κ1) is 13.1. The van der Waals surface area contributed by atoms with E-state index in [1.807, 2.05) is 12.1 Å². The van der Waals surface area contributed by atoms with E-state index in [9.17, 15) is 0 Å². The van der Waals surface area contributed by atoms with E-state index < -0.39 is 0 Å². The predicted octanol–water partition coefficient (Wildman–Crippen LogP) is 2.77. The van der Waals surface area contributed by atoms with Gasteiger partial charge >= 0.3 is 0 Å². The predicted molar refractivity (Wildman–Crippen MR) is 80.9 cm³/mol. The van der Waals surface area contributed by atoms with Crippen molar-refractivity contribution in [1.29, 1.82) is 0 Å². The van der Waals surface area contributed by atoms with Gasteiger partial charge in [-0.3, -0.25) is 0 Å². The molecule has 2 unspecified atom stereocenters. The summed E-state index contributed by atoms with van der Waals surface area (Å²) >= 11 is 0. The van der Waals surface area contributed by atoms with Crippen LogP contribution in [0.15, 0.2) is 40.8 Å². The minimum atomic E-state index is -0.0253. The molecule has 0 saturated heterocycles. The molecule has 2 aliphatic rings. The lowest BCUT2D eigenvalue weighted by atomic mass is 9.95. The second-order valence-corrected chi connectivity index (χ2v) is 6.37. The fourth-order valence-corrected chi connectivity index (χ4v) is 3.97. The SMILES string of the molecule is OCc1ccc(CNCC2CC23CCc2ccccc23)o1. The fraction of sp³-hybridized carbons (Fsp3) is 0.444. The van der Waals surface area contributed by atoms with Gasteiger partial charge in [-0.1, -0.05) is 24.3 Å². The molecule has 0 bridgehead atoms. The zero-order chi connectivity index (χ0) is 14.3. The van der Waals surface area contributed by atoms with Gasteiger partial charge in [0.25, 0.3) is 0 Å². The average molecular weight is 283 g/mol. The van der Waals surface area contributed by atoms with Gasteiger partial charge in [-0.25, -0.2) is 0 Å². The maximum atomic E-state index is 8.99. The molecule has 110 valence electrons. The van der Waals surface area contributed by atoms with Crippen LogP contribution in [-0.2, 0) is 25.0 Å². The number of furan rings is 1. The Morgan fingerprint density at radius 1 is 1.19 bits per heavy atom. The molecule has 1 aromatic carbocycles. The number of hydrogen-bond acceptors (Lipinski definition) is 3. The maximum Gasteiger partial charge on any atom is 0.129 e. The molecule has 4 rings (SSSR count). The molecule has 0 aliphatic heterocycles. The fourth-order valence-electron chi connectivity index (χ4n) is 3.97. The van der Waals surface area contributed by atoms with E-state index in [2.05, 4.69) is 29.6 Å². The lowest BCUT2D eigenvalue weighted by molar-refractivity contribution is 0.242.